The van der Waals surface area contributed by atoms with Gasteiger partial charge in [-0.2, -0.15) is 0 Å². The number of rotatable bonds is 3. The van der Waals surface area contributed by atoms with Gasteiger partial charge in [0, 0.05) is 42.3 Å². The van der Waals surface area contributed by atoms with Crippen molar-refractivity contribution < 1.29 is 5.11 Å². The summed E-state index contributed by atoms with van der Waals surface area (Å²) >= 11 is 1.73. The van der Waals surface area contributed by atoms with Gasteiger partial charge in [0.1, 0.15) is 12.4 Å². The first-order valence-corrected chi connectivity index (χ1v) is 7.74. The van der Waals surface area contributed by atoms with E-state index in [1.54, 1.807) is 11.3 Å². The predicted octanol–water partition coefficient (Wildman–Crippen LogP) is 2.12. The molecule has 0 saturated carbocycles. The summed E-state index contributed by atoms with van der Waals surface area (Å²) in [5.74, 6) is 1.90. The van der Waals surface area contributed by atoms with Crippen LogP contribution in [0.15, 0.2) is 17.6 Å². The first kappa shape index (κ1) is 13.5. The first-order valence-electron chi connectivity index (χ1n) is 6.86. The number of anilines is 1. The molecule has 5 nitrogen and oxygen atoms in total. The van der Waals surface area contributed by atoms with Crippen LogP contribution >= 0.6 is 11.3 Å². The number of aliphatic hydroxyl groups excluding tert-OH is 1. The van der Waals surface area contributed by atoms with Crippen molar-refractivity contribution in [3.63, 3.8) is 0 Å². The molecular weight excluding hydrogens is 272 g/mol. The largest absolute Gasteiger partial charge is 0.388 e. The topological polar surface area (TPSA) is 62.1 Å². The molecule has 3 heterocycles. The smallest absolute Gasteiger partial charge is 0.156 e. The van der Waals surface area contributed by atoms with Crippen LogP contribution in [-0.2, 0) is 6.61 Å². The Morgan fingerprint density at radius 2 is 2.35 bits per heavy atom. The molecule has 0 radical (unpaired) electrons. The molecule has 0 aromatic carbocycles. The van der Waals surface area contributed by atoms with Crippen molar-refractivity contribution in [3.8, 4) is 0 Å². The van der Waals surface area contributed by atoms with Crippen LogP contribution in [0.5, 0.6) is 0 Å². The highest BCUT2D eigenvalue weighted by Crippen LogP contribution is 2.30. The molecule has 20 heavy (non-hydrogen) atoms. The third kappa shape index (κ3) is 2.81. The van der Waals surface area contributed by atoms with Gasteiger partial charge in [0.15, 0.2) is 5.82 Å². The van der Waals surface area contributed by atoms with Gasteiger partial charge in [-0.15, -0.1) is 11.3 Å². The van der Waals surface area contributed by atoms with E-state index >= 15 is 0 Å². The van der Waals surface area contributed by atoms with Crippen LogP contribution in [-0.4, -0.2) is 33.1 Å². The summed E-state index contributed by atoms with van der Waals surface area (Å²) < 4.78 is 0. The van der Waals surface area contributed by atoms with Gasteiger partial charge in [0.25, 0.3) is 0 Å². The van der Waals surface area contributed by atoms with Crippen LogP contribution < -0.4 is 4.90 Å². The molecule has 1 aliphatic heterocycles. The number of aryl methyl sites for hydroxylation is 1. The molecule has 2 aromatic heterocycles. The summed E-state index contributed by atoms with van der Waals surface area (Å²) in [6.45, 7) is 3.77. The van der Waals surface area contributed by atoms with E-state index in [2.05, 4.69) is 19.9 Å². The molecule has 0 aliphatic carbocycles. The van der Waals surface area contributed by atoms with Crippen molar-refractivity contribution in [1.29, 1.82) is 0 Å². The molecule has 2 aromatic rings. The fourth-order valence-electron chi connectivity index (χ4n) is 2.67. The van der Waals surface area contributed by atoms with Crippen LogP contribution in [0.3, 0.4) is 0 Å². The Morgan fingerprint density at radius 3 is 3.10 bits per heavy atom. The van der Waals surface area contributed by atoms with Crippen LogP contribution in [0.1, 0.15) is 35.3 Å². The van der Waals surface area contributed by atoms with Crippen LogP contribution in [0.25, 0.3) is 0 Å². The summed E-state index contributed by atoms with van der Waals surface area (Å²) in [6, 6.07) is 1.99. The van der Waals surface area contributed by atoms with Crippen molar-refractivity contribution in [3.05, 3.63) is 34.2 Å². The molecule has 1 fully saturated rings. The van der Waals surface area contributed by atoms with Gasteiger partial charge in [-0.05, 0) is 19.8 Å². The lowest BCUT2D eigenvalue weighted by Gasteiger charge is -2.32. The number of nitrogens with zero attached hydrogens (tertiary/aromatic N) is 4. The quantitative estimate of drug-likeness (QED) is 0.938. The average molecular weight is 290 g/mol. The summed E-state index contributed by atoms with van der Waals surface area (Å²) in [6.07, 6.45) is 4.19. The van der Waals surface area contributed by atoms with E-state index in [1.807, 2.05) is 24.6 Å². The number of piperidine rings is 1. The van der Waals surface area contributed by atoms with E-state index in [0.717, 1.165) is 31.0 Å². The molecule has 106 valence electrons. The van der Waals surface area contributed by atoms with E-state index in [-0.39, 0.29) is 6.61 Å². The first-order chi connectivity index (χ1) is 9.76. The van der Waals surface area contributed by atoms with Gasteiger partial charge in [0.05, 0.1) is 5.01 Å². The monoisotopic (exact) mass is 290 g/mol. The van der Waals surface area contributed by atoms with Gasteiger partial charge in [-0.25, -0.2) is 15.0 Å². The second-order valence-corrected chi connectivity index (χ2v) is 6.02. The highest BCUT2D eigenvalue weighted by atomic mass is 32.1. The molecule has 1 unspecified atom stereocenters. The molecule has 1 atom stereocenters. The van der Waals surface area contributed by atoms with Crippen molar-refractivity contribution >= 4 is 17.2 Å². The van der Waals surface area contributed by atoms with E-state index in [4.69, 9.17) is 0 Å². The highest BCUT2D eigenvalue weighted by molar-refractivity contribution is 7.09. The number of hydrogen-bond donors (Lipinski definition) is 1. The minimum absolute atomic E-state index is 0.113. The van der Waals surface area contributed by atoms with E-state index in [1.165, 1.54) is 11.4 Å². The lowest BCUT2D eigenvalue weighted by molar-refractivity contribution is 0.271. The summed E-state index contributed by atoms with van der Waals surface area (Å²) in [4.78, 5) is 15.4. The SMILES string of the molecule is Cc1cc(N2CCCC(c3nccs3)C2)nc(CO)n1. The number of hydrogen-bond acceptors (Lipinski definition) is 6. The van der Waals surface area contributed by atoms with Crippen LogP contribution in [0, 0.1) is 6.92 Å². The van der Waals surface area contributed by atoms with Crippen LogP contribution in [0.4, 0.5) is 5.82 Å². The normalized spacial score (nSPS) is 19.3. The van der Waals surface area contributed by atoms with Gasteiger partial charge >= 0.3 is 0 Å². The molecule has 1 saturated heterocycles. The average Bonchev–Trinajstić information content (AvgIpc) is 3.01. The summed E-state index contributed by atoms with van der Waals surface area (Å²) in [5.41, 5.74) is 0.899. The minimum atomic E-state index is -0.113. The van der Waals surface area contributed by atoms with E-state index < -0.39 is 0 Å². The second kappa shape index (κ2) is 5.85. The third-order valence-corrected chi connectivity index (χ3v) is 4.51. The fraction of sp³-hybridized carbons (Fsp3) is 0.500. The van der Waals surface area contributed by atoms with E-state index in [9.17, 15) is 5.11 Å². The Kier molecular flexibility index (Phi) is 3.93. The summed E-state index contributed by atoms with van der Waals surface area (Å²) in [7, 11) is 0. The zero-order valence-electron chi connectivity index (χ0n) is 11.5. The zero-order valence-corrected chi connectivity index (χ0v) is 12.3. The molecule has 6 heteroatoms. The maximum atomic E-state index is 9.24. The minimum Gasteiger partial charge on any atom is -0.388 e. The Bertz CT molecular complexity index is 573. The highest BCUT2D eigenvalue weighted by Gasteiger charge is 2.24. The molecule has 1 aliphatic rings. The Labute approximate surface area is 122 Å². The lowest BCUT2D eigenvalue weighted by Crippen LogP contribution is -2.35. The Morgan fingerprint density at radius 1 is 1.45 bits per heavy atom. The van der Waals surface area contributed by atoms with Gasteiger partial charge in [-0.1, -0.05) is 0 Å². The van der Waals surface area contributed by atoms with Crippen molar-refractivity contribution in [2.24, 2.45) is 0 Å². The molecule has 1 N–H and O–H groups in total. The summed E-state index contributed by atoms with van der Waals surface area (Å²) in [5, 5.41) is 12.5. The zero-order chi connectivity index (χ0) is 13.9. The molecule has 0 spiro atoms. The van der Waals surface area contributed by atoms with Gasteiger partial charge in [0.2, 0.25) is 0 Å². The Hall–Kier alpha value is -1.53. The van der Waals surface area contributed by atoms with Crippen LogP contribution in [0.2, 0.25) is 0 Å². The van der Waals surface area contributed by atoms with Gasteiger partial charge < -0.3 is 10.0 Å². The number of aromatic nitrogens is 3. The fourth-order valence-corrected chi connectivity index (χ4v) is 3.44. The van der Waals surface area contributed by atoms with Gasteiger partial charge in [-0.3, -0.25) is 0 Å². The van der Waals surface area contributed by atoms with Crippen molar-refractivity contribution in [2.45, 2.75) is 32.3 Å². The predicted molar refractivity (Wildman–Crippen MR) is 79.0 cm³/mol. The maximum absolute atomic E-state index is 9.24. The third-order valence-electron chi connectivity index (χ3n) is 3.57. The number of aliphatic hydroxyl groups is 1. The molecule has 0 amide bonds. The van der Waals surface area contributed by atoms with Crippen molar-refractivity contribution in [1.82, 2.24) is 15.0 Å². The maximum Gasteiger partial charge on any atom is 0.156 e. The second-order valence-electron chi connectivity index (χ2n) is 5.10. The molecule has 0 bridgehead atoms. The molecule has 3 rings (SSSR count). The Balaban J connectivity index is 1.81. The number of thiazole rings is 1. The van der Waals surface area contributed by atoms with Crippen molar-refractivity contribution in [2.75, 3.05) is 18.0 Å². The lowest BCUT2D eigenvalue weighted by atomic mass is 9.99. The molecular formula is C14H18N4OS. The standard InChI is InChI=1S/C14H18N4OS/c1-10-7-13(17-12(9-19)16-10)18-5-2-3-11(8-18)14-15-4-6-20-14/h4,6-7,11,19H,2-3,5,8-9H2,1H3. The van der Waals surface area contributed by atoms with E-state index in [0.29, 0.717) is 11.7 Å².